The molecule has 0 aromatic heterocycles. The Labute approximate surface area is 116 Å². The zero-order valence-corrected chi connectivity index (χ0v) is 12.5. The summed E-state index contributed by atoms with van der Waals surface area (Å²) >= 11 is 0. The lowest BCUT2D eigenvalue weighted by atomic mass is 9.89. The van der Waals surface area contributed by atoms with Crippen LogP contribution in [0.25, 0.3) is 0 Å². The van der Waals surface area contributed by atoms with Crippen LogP contribution in [0, 0.1) is 11.3 Å². The Morgan fingerprint density at radius 2 is 2.11 bits per heavy atom. The molecule has 112 valence electrons. The molecule has 19 heavy (non-hydrogen) atoms. The van der Waals surface area contributed by atoms with Gasteiger partial charge in [-0.3, -0.25) is 4.79 Å². The van der Waals surface area contributed by atoms with Gasteiger partial charge in [0.1, 0.15) is 0 Å². The first-order chi connectivity index (χ1) is 8.83. The number of carbonyl (C=O) groups is 1. The third-order valence-corrected chi connectivity index (χ3v) is 3.24. The molecule has 3 N–H and O–H groups in total. The van der Waals surface area contributed by atoms with Gasteiger partial charge in [0.2, 0.25) is 5.91 Å². The van der Waals surface area contributed by atoms with Crippen molar-refractivity contribution in [2.75, 3.05) is 26.3 Å². The van der Waals surface area contributed by atoms with E-state index in [0.29, 0.717) is 26.2 Å². The molecule has 1 rings (SSSR count). The van der Waals surface area contributed by atoms with Gasteiger partial charge in [0.05, 0.1) is 25.2 Å². The summed E-state index contributed by atoms with van der Waals surface area (Å²) in [6.45, 7) is 10.4. The molecule has 0 aromatic carbocycles. The van der Waals surface area contributed by atoms with Crippen LogP contribution in [0.5, 0.6) is 0 Å². The topological polar surface area (TPSA) is 70.6 Å². The normalized spacial score (nSPS) is 25.3. The molecule has 0 spiro atoms. The van der Waals surface area contributed by atoms with Crippen LogP contribution < -0.4 is 10.6 Å². The van der Waals surface area contributed by atoms with E-state index in [9.17, 15) is 9.90 Å². The molecule has 3 unspecified atom stereocenters. The monoisotopic (exact) mass is 272 g/mol. The van der Waals surface area contributed by atoms with E-state index < -0.39 is 6.10 Å². The highest BCUT2D eigenvalue weighted by molar-refractivity contribution is 5.79. The Kier molecular flexibility index (Phi) is 6.23. The average molecular weight is 272 g/mol. The molecule has 1 aliphatic heterocycles. The van der Waals surface area contributed by atoms with Gasteiger partial charge in [-0.25, -0.2) is 0 Å². The fraction of sp³-hybridized carbons (Fsp3) is 0.929. The van der Waals surface area contributed by atoms with Crippen LogP contribution in [0.15, 0.2) is 0 Å². The maximum Gasteiger partial charge on any atom is 0.227 e. The maximum atomic E-state index is 12.1. The average Bonchev–Trinajstić information content (AvgIpc) is 2.72. The minimum absolute atomic E-state index is 0.0311. The van der Waals surface area contributed by atoms with Crippen LogP contribution in [0.1, 0.15) is 34.1 Å². The number of amides is 1. The van der Waals surface area contributed by atoms with Crippen LogP contribution in [0.2, 0.25) is 0 Å². The van der Waals surface area contributed by atoms with Crippen molar-refractivity contribution in [1.82, 2.24) is 10.6 Å². The standard InChI is InChI=1S/C14H28N2O3/c1-5-15-12-9-19-8-11(12)13(18)16-7-10(17)6-14(2,3)4/h10-12,15,17H,5-9H2,1-4H3,(H,16,18). The molecular formula is C14H28N2O3. The van der Waals surface area contributed by atoms with Gasteiger partial charge in [0, 0.05) is 12.6 Å². The van der Waals surface area contributed by atoms with Crippen LogP contribution in [0.4, 0.5) is 0 Å². The second kappa shape index (κ2) is 7.22. The summed E-state index contributed by atoms with van der Waals surface area (Å²) in [7, 11) is 0. The maximum absolute atomic E-state index is 12.1. The summed E-state index contributed by atoms with van der Waals surface area (Å²) in [6, 6.07) is 0.0877. The van der Waals surface area contributed by atoms with E-state index in [2.05, 4.69) is 31.4 Å². The Morgan fingerprint density at radius 3 is 2.68 bits per heavy atom. The lowest BCUT2D eigenvalue weighted by Crippen LogP contribution is -2.45. The van der Waals surface area contributed by atoms with Crippen molar-refractivity contribution in [3.05, 3.63) is 0 Å². The van der Waals surface area contributed by atoms with E-state index in [4.69, 9.17) is 4.74 Å². The molecule has 1 fully saturated rings. The van der Waals surface area contributed by atoms with Gasteiger partial charge in [-0.15, -0.1) is 0 Å². The van der Waals surface area contributed by atoms with E-state index in [1.54, 1.807) is 0 Å². The quantitative estimate of drug-likeness (QED) is 0.659. The first kappa shape index (κ1) is 16.4. The Hall–Kier alpha value is -0.650. The number of aliphatic hydroxyl groups is 1. The van der Waals surface area contributed by atoms with Crippen molar-refractivity contribution in [3.8, 4) is 0 Å². The van der Waals surface area contributed by atoms with Gasteiger partial charge in [0.25, 0.3) is 0 Å². The molecule has 3 atom stereocenters. The van der Waals surface area contributed by atoms with Crippen LogP contribution in [-0.2, 0) is 9.53 Å². The number of rotatable bonds is 6. The second-order valence-electron chi connectivity index (χ2n) is 6.47. The molecule has 0 aromatic rings. The number of aliphatic hydroxyl groups excluding tert-OH is 1. The predicted octanol–water partition coefficient (Wildman–Crippen LogP) is 0.524. The number of carbonyl (C=O) groups excluding carboxylic acids is 1. The SMILES string of the molecule is CCNC1COCC1C(=O)NCC(O)CC(C)(C)C. The third-order valence-electron chi connectivity index (χ3n) is 3.24. The van der Waals surface area contributed by atoms with Crippen molar-refractivity contribution in [2.45, 2.75) is 46.3 Å². The number of ether oxygens (including phenoxy) is 1. The van der Waals surface area contributed by atoms with Gasteiger partial charge in [-0.05, 0) is 18.4 Å². The van der Waals surface area contributed by atoms with E-state index in [0.717, 1.165) is 6.54 Å². The second-order valence-corrected chi connectivity index (χ2v) is 6.47. The lowest BCUT2D eigenvalue weighted by molar-refractivity contribution is -0.126. The molecule has 0 saturated carbocycles. The zero-order chi connectivity index (χ0) is 14.5. The Morgan fingerprint density at radius 1 is 1.42 bits per heavy atom. The highest BCUT2D eigenvalue weighted by Crippen LogP contribution is 2.20. The van der Waals surface area contributed by atoms with Crippen molar-refractivity contribution < 1.29 is 14.6 Å². The van der Waals surface area contributed by atoms with Crippen LogP contribution >= 0.6 is 0 Å². The van der Waals surface area contributed by atoms with E-state index in [1.807, 2.05) is 6.92 Å². The van der Waals surface area contributed by atoms with Crippen molar-refractivity contribution >= 4 is 5.91 Å². The zero-order valence-electron chi connectivity index (χ0n) is 12.5. The van der Waals surface area contributed by atoms with Gasteiger partial charge in [-0.2, -0.15) is 0 Å². The van der Waals surface area contributed by atoms with Crippen LogP contribution in [0.3, 0.4) is 0 Å². The minimum atomic E-state index is -0.496. The van der Waals surface area contributed by atoms with Gasteiger partial charge >= 0.3 is 0 Å². The van der Waals surface area contributed by atoms with E-state index >= 15 is 0 Å². The summed E-state index contributed by atoms with van der Waals surface area (Å²) in [5.74, 6) is -0.182. The number of nitrogens with one attached hydrogen (secondary N) is 2. The summed E-state index contributed by atoms with van der Waals surface area (Å²) < 4.78 is 5.34. The first-order valence-electron chi connectivity index (χ1n) is 7.10. The molecule has 0 aliphatic carbocycles. The molecule has 1 amide bonds. The first-order valence-corrected chi connectivity index (χ1v) is 7.10. The highest BCUT2D eigenvalue weighted by atomic mass is 16.5. The number of likely N-dealkylation sites (N-methyl/N-ethyl adjacent to an activating group) is 1. The summed E-state index contributed by atoms with van der Waals surface area (Å²) in [5, 5.41) is 16.0. The third kappa shape index (κ3) is 5.89. The molecule has 1 aliphatic rings. The Bertz CT molecular complexity index is 289. The van der Waals surface area contributed by atoms with E-state index in [1.165, 1.54) is 0 Å². The molecule has 5 nitrogen and oxygen atoms in total. The summed E-state index contributed by atoms with van der Waals surface area (Å²) in [6.07, 6.45) is 0.175. The number of hydrogen-bond acceptors (Lipinski definition) is 4. The molecule has 5 heteroatoms. The summed E-state index contributed by atoms with van der Waals surface area (Å²) in [4.78, 5) is 12.1. The fourth-order valence-corrected chi connectivity index (χ4v) is 2.40. The van der Waals surface area contributed by atoms with Crippen LogP contribution in [-0.4, -0.2) is 49.5 Å². The van der Waals surface area contributed by atoms with Crippen molar-refractivity contribution in [3.63, 3.8) is 0 Å². The van der Waals surface area contributed by atoms with Crippen molar-refractivity contribution in [2.24, 2.45) is 11.3 Å². The molecule has 0 radical (unpaired) electrons. The fourth-order valence-electron chi connectivity index (χ4n) is 2.40. The summed E-state index contributed by atoms with van der Waals surface area (Å²) in [5.41, 5.74) is 0.0624. The minimum Gasteiger partial charge on any atom is -0.391 e. The number of hydrogen-bond donors (Lipinski definition) is 3. The molecule has 1 saturated heterocycles. The highest BCUT2D eigenvalue weighted by Gasteiger charge is 2.33. The predicted molar refractivity (Wildman–Crippen MR) is 74.9 cm³/mol. The van der Waals surface area contributed by atoms with Gasteiger partial charge < -0.3 is 20.5 Å². The largest absolute Gasteiger partial charge is 0.391 e. The van der Waals surface area contributed by atoms with E-state index in [-0.39, 0.29) is 23.3 Å². The van der Waals surface area contributed by atoms with Gasteiger partial charge in [0.15, 0.2) is 0 Å². The Balaban J connectivity index is 2.34. The lowest BCUT2D eigenvalue weighted by Gasteiger charge is -2.23. The van der Waals surface area contributed by atoms with Gasteiger partial charge in [-0.1, -0.05) is 27.7 Å². The smallest absolute Gasteiger partial charge is 0.227 e. The molecular weight excluding hydrogens is 244 g/mol. The molecule has 0 bridgehead atoms. The molecule has 1 heterocycles. The van der Waals surface area contributed by atoms with Crippen molar-refractivity contribution in [1.29, 1.82) is 0 Å².